The van der Waals surface area contributed by atoms with Crippen molar-refractivity contribution in [2.75, 3.05) is 0 Å². The zero-order valence-electron chi connectivity index (χ0n) is 16.6. The normalized spacial score (nSPS) is 59.8. The highest BCUT2D eigenvalue weighted by Gasteiger charge is 2.81. The second-order valence-corrected chi connectivity index (χ2v) is 10.7. The lowest BCUT2D eigenvalue weighted by molar-refractivity contribution is -0.347. The third-order valence-corrected chi connectivity index (χ3v) is 9.74. The average Bonchev–Trinajstić information content (AvgIpc) is 2.70. The summed E-state index contributed by atoms with van der Waals surface area (Å²) in [6.45, 7) is 8.93. The number of hydrogen-bond acceptors (Lipinski definition) is 4. The summed E-state index contributed by atoms with van der Waals surface area (Å²) in [6.07, 6.45) is 4.21. The molecular formula is C22H34O4. The van der Waals surface area contributed by atoms with Crippen LogP contribution in [0.15, 0.2) is 0 Å². The van der Waals surface area contributed by atoms with Gasteiger partial charge < -0.3 is 14.9 Å². The molecule has 4 heteroatoms. The van der Waals surface area contributed by atoms with Crippen molar-refractivity contribution in [3.8, 4) is 0 Å². The van der Waals surface area contributed by atoms with E-state index in [9.17, 15) is 15.0 Å². The van der Waals surface area contributed by atoms with E-state index in [-0.39, 0.29) is 46.6 Å². The van der Waals surface area contributed by atoms with E-state index in [0.29, 0.717) is 12.3 Å². The maximum Gasteiger partial charge on any atom is 0.148 e. The monoisotopic (exact) mass is 362 g/mol. The topological polar surface area (TPSA) is 66.8 Å². The van der Waals surface area contributed by atoms with Crippen LogP contribution in [0.1, 0.15) is 66.2 Å². The Bertz CT molecular complexity index is 644. The van der Waals surface area contributed by atoms with E-state index in [4.69, 9.17) is 4.74 Å². The zero-order valence-corrected chi connectivity index (χ0v) is 16.6. The summed E-state index contributed by atoms with van der Waals surface area (Å²) in [5.74, 6) is 0.312. The van der Waals surface area contributed by atoms with Crippen molar-refractivity contribution in [1.29, 1.82) is 0 Å². The number of fused-ring (bicyclic) bond motifs is 2. The average molecular weight is 363 g/mol. The lowest BCUT2D eigenvalue weighted by Gasteiger charge is -2.73. The molecular weight excluding hydrogens is 328 g/mol. The molecule has 2 aliphatic heterocycles. The largest absolute Gasteiger partial charge is 0.393 e. The van der Waals surface area contributed by atoms with Crippen LogP contribution in [0.25, 0.3) is 0 Å². The molecule has 2 heterocycles. The molecule has 6 rings (SSSR count). The Morgan fingerprint density at radius 3 is 2.62 bits per heavy atom. The van der Waals surface area contributed by atoms with Crippen LogP contribution in [0.5, 0.6) is 0 Å². The van der Waals surface area contributed by atoms with Crippen molar-refractivity contribution in [2.24, 2.45) is 39.9 Å². The van der Waals surface area contributed by atoms with Gasteiger partial charge in [-0.25, -0.2) is 0 Å². The van der Waals surface area contributed by atoms with Gasteiger partial charge >= 0.3 is 0 Å². The van der Waals surface area contributed by atoms with Gasteiger partial charge in [-0.1, -0.05) is 27.2 Å². The summed E-state index contributed by atoms with van der Waals surface area (Å²) in [5, 5.41) is 22.8. The Morgan fingerprint density at radius 2 is 1.92 bits per heavy atom. The Kier molecular flexibility index (Phi) is 3.48. The van der Waals surface area contributed by atoms with Crippen LogP contribution in [0.3, 0.4) is 0 Å². The molecule has 4 nitrogen and oxygen atoms in total. The number of Topliss-reactive ketones (excluding diaryl/α,β-unsaturated/α-hetero) is 1. The lowest BCUT2D eigenvalue weighted by atomic mass is 9.36. The Hall–Kier alpha value is -0.450. The molecule has 4 bridgehead atoms. The fourth-order valence-electron chi connectivity index (χ4n) is 8.97. The highest BCUT2D eigenvalue weighted by molar-refractivity contribution is 5.92. The van der Waals surface area contributed by atoms with Crippen LogP contribution in [-0.2, 0) is 9.53 Å². The van der Waals surface area contributed by atoms with Crippen LogP contribution in [0.4, 0.5) is 0 Å². The van der Waals surface area contributed by atoms with E-state index in [1.165, 1.54) is 6.42 Å². The molecule has 2 saturated heterocycles. The molecule has 6 aliphatic rings. The second-order valence-electron chi connectivity index (χ2n) is 10.7. The van der Waals surface area contributed by atoms with Crippen molar-refractivity contribution in [2.45, 2.75) is 90.6 Å². The summed E-state index contributed by atoms with van der Waals surface area (Å²) in [4.78, 5) is 13.7. The van der Waals surface area contributed by atoms with Crippen LogP contribution < -0.4 is 0 Å². The Balaban J connectivity index is 1.73. The molecule has 0 aromatic carbocycles. The third-order valence-electron chi connectivity index (χ3n) is 9.74. The van der Waals surface area contributed by atoms with Gasteiger partial charge in [0, 0.05) is 17.3 Å². The fraction of sp³-hybridized carbons (Fsp3) is 0.955. The van der Waals surface area contributed by atoms with E-state index in [1.807, 2.05) is 6.92 Å². The summed E-state index contributed by atoms with van der Waals surface area (Å²) in [5.41, 5.74) is -0.844. The minimum atomic E-state index is -0.862. The van der Waals surface area contributed by atoms with Gasteiger partial charge in [-0.3, -0.25) is 4.79 Å². The Morgan fingerprint density at radius 1 is 1.19 bits per heavy atom. The molecule has 0 amide bonds. The van der Waals surface area contributed by atoms with Crippen LogP contribution >= 0.6 is 0 Å². The van der Waals surface area contributed by atoms with Crippen LogP contribution in [0, 0.1) is 39.9 Å². The van der Waals surface area contributed by atoms with E-state index < -0.39 is 17.6 Å². The lowest BCUT2D eigenvalue weighted by Crippen LogP contribution is -2.77. The molecule has 10 atom stereocenters. The Labute approximate surface area is 156 Å². The first kappa shape index (κ1) is 17.6. The van der Waals surface area contributed by atoms with Gasteiger partial charge in [0.05, 0.1) is 29.8 Å². The van der Waals surface area contributed by atoms with E-state index in [1.54, 1.807) is 0 Å². The maximum absolute atomic E-state index is 13.7. The van der Waals surface area contributed by atoms with Crippen molar-refractivity contribution in [1.82, 2.24) is 0 Å². The molecule has 26 heavy (non-hydrogen) atoms. The molecule has 4 saturated carbocycles. The molecule has 146 valence electrons. The number of hydrogen-bond donors (Lipinski definition) is 2. The number of ketones is 1. The van der Waals surface area contributed by atoms with E-state index in [2.05, 4.69) is 20.8 Å². The number of carbonyl (C=O) groups is 1. The SMILES string of the molecule is CCC1C(=O)C23C([C@@H](O)CC1[C@H]2O)[C@]12CCCC(C)(C)C1C[C@H]3OC2C. The van der Waals surface area contributed by atoms with Gasteiger partial charge in [-0.15, -0.1) is 0 Å². The van der Waals surface area contributed by atoms with Gasteiger partial charge in [0.15, 0.2) is 0 Å². The van der Waals surface area contributed by atoms with Crippen molar-refractivity contribution < 1.29 is 19.7 Å². The highest BCUT2D eigenvalue weighted by Crippen LogP contribution is 2.75. The number of ether oxygens (including phenoxy) is 1. The van der Waals surface area contributed by atoms with E-state index >= 15 is 0 Å². The van der Waals surface area contributed by atoms with E-state index in [0.717, 1.165) is 25.7 Å². The zero-order chi connectivity index (χ0) is 18.6. The number of aliphatic hydroxyl groups excluding tert-OH is 2. The highest BCUT2D eigenvalue weighted by atomic mass is 16.5. The summed E-state index contributed by atoms with van der Waals surface area (Å²) in [7, 11) is 0. The summed E-state index contributed by atoms with van der Waals surface area (Å²) < 4.78 is 6.52. The number of aliphatic hydroxyl groups is 2. The first-order chi connectivity index (χ1) is 12.2. The standard InChI is InChI=1S/C22H34O4/c1-5-12-13-9-14(23)17-21-8-6-7-20(3,4)15(21)10-16(26-11(21)2)22(17,18(12)24)19(13)25/h11-17,19,23,25H,5-10H2,1-4H3/t11?,12?,13?,14-,15?,16+,17?,19+,21-,22?/m0/s1. The van der Waals surface area contributed by atoms with Crippen molar-refractivity contribution in [3.63, 3.8) is 0 Å². The quantitative estimate of drug-likeness (QED) is 0.753. The van der Waals surface area contributed by atoms with Crippen LogP contribution in [-0.4, -0.2) is 40.4 Å². The fourth-order valence-corrected chi connectivity index (χ4v) is 8.97. The van der Waals surface area contributed by atoms with Gasteiger partial charge in [0.25, 0.3) is 0 Å². The second kappa shape index (κ2) is 5.12. The molecule has 0 aromatic heterocycles. The maximum atomic E-state index is 13.7. The van der Waals surface area contributed by atoms with Crippen molar-refractivity contribution >= 4 is 5.78 Å². The molecule has 6 unspecified atom stereocenters. The molecule has 0 radical (unpaired) electrons. The van der Waals surface area contributed by atoms with Crippen molar-refractivity contribution in [3.05, 3.63) is 0 Å². The summed E-state index contributed by atoms with van der Waals surface area (Å²) >= 11 is 0. The predicted octanol–water partition coefficient (Wildman–Crippen LogP) is 2.94. The van der Waals surface area contributed by atoms with Gasteiger partial charge in [0.2, 0.25) is 0 Å². The molecule has 4 aliphatic carbocycles. The number of rotatable bonds is 1. The van der Waals surface area contributed by atoms with Gasteiger partial charge in [0.1, 0.15) is 5.78 Å². The third kappa shape index (κ3) is 1.64. The van der Waals surface area contributed by atoms with Gasteiger partial charge in [-0.05, 0) is 56.3 Å². The first-order valence-corrected chi connectivity index (χ1v) is 10.8. The van der Waals surface area contributed by atoms with Gasteiger partial charge in [-0.2, -0.15) is 0 Å². The molecule has 2 N–H and O–H groups in total. The predicted molar refractivity (Wildman–Crippen MR) is 97.3 cm³/mol. The minimum Gasteiger partial charge on any atom is -0.393 e. The molecule has 0 aromatic rings. The molecule has 2 spiro atoms. The van der Waals surface area contributed by atoms with Crippen LogP contribution in [0.2, 0.25) is 0 Å². The molecule has 6 fully saturated rings. The smallest absolute Gasteiger partial charge is 0.148 e. The number of carbonyl (C=O) groups excluding carboxylic acids is 1. The summed E-state index contributed by atoms with van der Waals surface area (Å²) in [6, 6.07) is 0. The minimum absolute atomic E-state index is 0.0494. The first-order valence-electron chi connectivity index (χ1n) is 10.8.